The third kappa shape index (κ3) is 5.11. The van der Waals surface area contributed by atoms with Crippen LogP contribution in [-0.4, -0.2) is 43.6 Å². The van der Waals surface area contributed by atoms with Gasteiger partial charge in [-0.1, -0.05) is 11.6 Å². The normalized spacial score (nSPS) is 14.4. The molecule has 0 spiro atoms. The maximum Gasteiger partial charge on any atom is 0.222 e. The molecule has 138 valence electrons. The van der Waals surface area contributed by atoms with Gasteiger partial charge >= 0.3 is 0 Å². The Labute approximate surface area is 158 Å². The highest BCUT2D eigenvalue weighted by molar-refractivity contribution is 6.30. The van der Waals surface area contributed by atoms with E-state index in [-0.39, 0.29) is 11.7 Å². The zero-order chi connectivity index (χ0) is 18.4. The number of rotatable bonds is 6. The molecule has 4 nitrogen and oxygen atoms in total. The van der Waals surface area contributed by atoms with E-state index in [0.717, 1.165) is 24.5 Å². The zero-order valence-electron chi connectivity index (χ0n) is 14.5. The Bertz CT molecular complexity index is 714. The summed E-state index contributed by atoms with van der Waals surface area (Å²) in [5.74, 6) is 0.682. The quantitative estimate of drug-likeness (QED) is 0.715. The van der Waals surface area contributed by atoms with Crippen molar-refractivity contribution in [2.45, 2.75) is 12.8 Å². The summed E-state index contributed by atoms with van der Waals surface area (Å²) in [4.78, 5) is 16.4. The number of benzene rings is 2. The topological polar surface area (TPSA) is 32.8 Å². The number of hydrogen-bond acceptors (Lipinski definition) is 3. The smallest absolute Gasteiger partial charge is 0.222 e. The minimum Gasteiger partial charge on any atom is -0.494 e. The Balaban J connectivity index is 1.37. The van der Waals surface area contributed by atoms with E-state index in [1.54, 1.807) is 24.3 Å². The number of amides is 1. The van der Waals surface area contributed by atoms with Crippen LogP contribution in [-0.2, 0) is 4.79 Å². The fourth-order valence-electron chi connectivity index (χ4n) is 2.97. The van der Waals surface area contributed by atoms with E-state index in [0.29, 0.717) is 37.6 Å². The van der Waals surface area contributed by atoms with Crippen molar-refractivity contribution in [3.05, 3.63) is 59.4 Å². The van der Waals surface area contributed by atoms with E-state index in [1.807, 2.05) is 17.0 Å². The molecular formula is C20H22ClFN2O2. The summed E-state index contributed by atoms with van der Waals surface area (Å²) in [5, 5.41) is 0.673. The van der Waals surface area contributed by atoms with Crippen molar-refractivity contribution in [2.24, 2.45) is 0 Å². The maximum atomic E-state index is 13.0. The lowest BCUT2D eigenvalue weighted by atomic mass is 10.2. The summed E-state index contributed by atoms with van der Waals surface area (Å²) in [6.45, 7) is 3.41. The van der Waals surface area contributed by atoms with E-state index in [2.05, 4.69) is 4.90 Å². The van der Waals surface area contributed by atoms with Crippen molar-refractivity contribution in [1.29, 1.82) is 0 Å². The highest BCUT2D eigenvalue weighted by Gasteiger charge is 2.20. The molecule has 0 radical (unpaired) electrons. The van der Waals surface area contributed by atoms with Crippen molar-refractivity contribution in [3.8, 4) is 5.75 Å². The van der Waals surface area contributed by atoms with Crippen molar-refractivity contribution >= 4 is 23.2 Å². The van der Waals surface area contributed by atoms with Crippen LogP contribution in [0.2, 0.25) is 5.02 Å². The predicted molar refractivity (Wildman–Crippen MR) is 101 cm³/mol. The molecule has 1 aliphatic heterocycles. The molecule has 2 aromatic rings. The van der Waals surface area contributed by atoms with Crippen molar-refractivity contribution in [3.63, 3.8) is 0 Å². The molecule has 0 N–H and O–H groups in total. The summed E-state index contributed by atoms with van der Waals surface area (Å²) in [7, 11) is 0. The molecule has 2 aromatic carbocycles. The minimum absolute atomic E-state index is 0.156. The molecule has 1 saturated heterocycles. The summed E-state index contributed by atoms with van der Waals surface area (Å²) in [5.41, 5.74) is 0.995. The van der Waals surface area contributed by atoms with Crippen LogP contribution in [0.3, 0.4) is 0 Å². The van der Waals surface area contributed by atoms with Crippen LogP contribution in [0.5, 0.6) is 5.75 Å². The van der Waals surface area contributed by atoms with Crippen LogP contribution in [0.4, 0.5) is 10.1 Å². The third-order valence-electron chi connectivity index (χ3n) is 4.44. The van der Waals surface area contributed by atoms with Crippen molar-refractivity contribution < 1.29 is 13.9 Å². The van der Waals surface area contributed by atoms with Crippen LogP contribution in [0.1, 0.15) is 12.8 Å². The molecule has 0 bridgehead atoms. The van der Waals surface area contributed by atoms with Gasteiger partial charge in [0.1, 0.15) is 11.6 Å². The number of carbonyl (C=O) groups is 1. The standard InChI is InChI=1S/C20H22ClFN2O2/c21-16-3-9-19(10-4-16)26-15-1-2-20(25)24-13-11-23(12-14-24)18-7-5-17(22)6-8-18/h3-10H,1-2,11-15H2. The van der Waals surface area contributed by atoms with Crippen molar-refractivity contribution in [1.82, 2.24) is 4.90 Å². The van der Waals surface area contributed by atoms with Crippen molar-refractivity contribution in [2.75, 3.05) is 37.7 Å². The average molecular weight is 377 g/mol. The van der Waals surface area contributed by atoms with E-state index >= 15 is 0 Å². The Morgan fingerprint density at radius 1 is 1.00 bits per heavy atom. The number of piperazine rings is 1. The Morgan fingerprint density at radius 3 is 2.31 bits per heavy atom. The highest BCUT2D eigenvalue weighted by atomic mass is 35.5. The molecule has 6 heteroatoms. The second-order valence-corrected chi connectivity index (χ2v) is 6.69. The van der Waals surface area contributed by atoms with Gasteiger partial charge in [-0.05, 0) is 55.0 Å². The summed E-state index contributed by atoms with van der Waals surface area (Å²) in [6.07, 6.45) is 1.16. The van der Waals surface area contributed by atoms with Crippen LogP contribution < -0.4 is 9.64 Å². The van der Waals surface area contributed by atoms with E-state index in [9.17, 15) is 9.18 Å². The van der Waals surface area contributed by atoms with Crippen LogP contribution in [0, 0.1) is 5.82 Å². The molecule has 26 heavy (non-hydrogen) atoms. The van der Waals surface area contributed by atoms with Gasteiger partial charge < -0.3 is 14.5 Å². The monoisotopic (exact) mass is 376 g/mol. The summed E-state index contributed by atoms with van der Waals surface area (Å²) in [6, 6.07) is 13.7. The largest absolute Gasteiger partial charge is 0.494 e. The van der Waals surface area contributed by atoms with Gasteiger partial charge in [-0.25, -0.2) is 4.39 Å². The van der Waals surface area contributed by atoms with Gasteiger partial charge in [-0.2, -0.15) is 0 Å². The maximum absolute atomic E-state index is 13.0. The number of carbonyl (C=O) groups excluding carboxylic acids is 1. The van der Waals surface area contributed by atoms with Crippen LogP contribution in [0.15, 0.2) is 48.5 Å². The fourth-order valence-corrected chi connectivity index (χ4v) is 3.09. The predicted octanol–water partition coefficient (Wildman–Crippen LogP) is 3.99. The number of anilines is 1. The second-order valence-electron chi connectivity index (χ2n) is 6.25. The highest BCUT2D eigenvalue weighted by Crippen LogP contribution is 2.18. The molecule has 1 fully saturated rings. The molecule has 0 atom stereocenters. The molecule has 0 unspecified atom stereocenters. The number of halogens is 2. The molecule has 0 saturated carbocycles. The minimum atomic E-state index is -0.233. The lowest BCUT2D eigenvalue weighted by Gasteiger charge is -2.36. The molecule has 3 rings (SSSR count). The SMILES string of the molecule is O=C(CCCOc1ccc(Cl)cc1)N1CCN(c2ccc(F)cc2)CC1. The Kier molecular flexibility index (Phi) is 6.34. The third-order valence-corrected chi connectivity index (χ3v) is 4.69. The van der Waals surface area contributed by atoms with Gasteiger partial charge in [-0.3, -0.25) is 4.79 Å². The first-order valence-electron chi connectivity index (χ1n) is 8.78. The first kappa shape index (κ1) is 18.5. The number of nitrogens with zero attached hydrogens (tertiary/aromatic N) is 2. The first-order valence-corrected chi connectivity index (χ1v) is 9.16. The molecule has 0 aliphatic carbocycles. The first-order chi connectivity index (χ1) is 12.6. The van der Waals surface area contributed by atoms with Gasteiger partial charge in [0.05, 0.1) is 6.61 Å². The van der Waals surface area contributed by atoms with E-state index in [1.165, 1.54) is 12.1 Å². The number of ether oxygens (including phenoxy) is 1. The second kappa shape index (κ2) is 8.90. The van der Waals surface area contributed by atoms with E-state index in [4.69, 9.17) is 16.3 Å². The van der Waals surface area contributed by atoms with Crippen LogP contribution >= 0.6 is 11.6 Å². The molecule has 1 aliphatic rings. The lowest BCUT2D eigenvalue weighted by molar-refractivity contribution is -0.131. The molecular weight excluding hydrogens is 355 g/mol. The van der Waals surface area contributed by atoms with Gasteiger partial charge in [0.25, 0.3) is 0 Å². The molecule has 0 aromatic heterocycles. The summed E-state index contributed by atoms with van der Waals surface area (Å²) < 4.78 is 18.6. The molecule has 1 amide bonds. The fraction of sp³-hybridized carbons (Fsp3) is 0.350. The van der Waals surface area contributed by atoms with Gasteiger partial charge in [-0.15, -0.1) is 0 Å². The zero-order valence-corrected chi connectivity index (χ0v) is 15.3. The molecule has 1 heterocycles. The van der Waals surface area contributed by atoms with Gasteiger partial charge in [0, 0.05) is 43.3 Å². The lowest BCUT2D eigenvalue weighted by Crippen LogP contribution is -2.48. The summed E-state index contributed by atoms with van der Waals surface area (Å²) >= 11 is 5.83. The Hall–Kier alpha value is -2.27. The van der Waals surface area contributed by atoms with Gasteiger partial charge in [0.2, 0.25) is 5.91 Å². The number of hydrogen-bond donors (Lipinski definition) is 0. The van der Waals surface area contributed by atoms with E-state index < -0.39 is 0 Å². The average Bonchev–Trinajstić information content (AvgIpc) is 2.67. The Morgan fingerprint density at radius 2 is 1.65 bits per heavy atom. The van der Waals surface area contributed by atoms with Gasteiger partial charge in [0.15, 0.2) is 0 Å². The van der Waals surface area contributed by atoms with Crippen LogP contribution in [0.25, 0.3) is 0 Å².